The van der Waals surface area contributed by atoms with Crippen molar-refractivity contribution in [2.45, 2.75) is 38.8 Å². The molecule has 33 heavy (non-hydrogen) atoms. The summed E-state index contributed by atoms with van der Waals surface area (Å²) in [6.07, 6.45) is -1.17. The summed E-state index contributed by atoms with van der Waals surface area (Å²) in [5, 5.41) is -0.322. The molecule has 3 aromatic carbocycles. The number of ether oxygens (including phenoxy) is 2. The fourth-order valence-corrected chi connectivity index (χ4v) is 3.26. The first-order valence-corrected chi connectivity index (χ1v) is 10.2. The standard InChI is InChI=1S/C24H20F6O3/c1-2-3-4-5-14-6-8-18(19(25)10-14)23(31)33-16-7-9-17-15(11-16)12-20(26)22(21(17)27)32-13-24(28,29)30/h6-12H,2-5,13H2,1H3. The lowest BCUT2D eigenvalue weighted by atomic mass is 10.0. The number of carbonyl (C=O) groups is 1. The highest BCUT2D eigenvalue weighted by Gasteiger charge is 2.30. The molecule has 0 saturated heterocycles. The SMILES string of the molecule is CCCCCc1ccc(C(=O)Oc2ccc3c(F)c(OCC(F)(F)F)c(F)cc3c2)c(F)c1. The fraction of sp³-hybridized carbons (Fsp3) is 0.292. The van der Waals surface area contributed by atoms with E-state index in [1.54, 1.807) is 6.07 Å². The third-order valence-electron chi connectivity index (χ3n) is 4.87. The molecule has 0 amide bonds. The lowest BCUT2D eigenvalue weighted by Gasteiger charge is -2.13. The van der Waals surface area contributed by atoms with Crippen LogP contribution in [-0.2, 0) is 6.42 Å². The van der Waals surface area contributed by atoms with Crippen LogP contribution in [0.25, 0.3) is 10.8 Å². The summed E-state index contributed by atoms with van der Waals surface area (Å²) in [6.45, 7) is 0.195. The van der Waals surface area contributed by atoms with Crippen LogP contribution in [0, 0.1) is 17.5 Å². The Morgan fingerprint density at radius 3 is 2.36 bits per heavy atom. The summed E-state index contributed by atoms with van der Waals surface area (Å²) in [5.41, 5.74) is 0.445. The number of halogens is 6. The van der Waals surface area contributed by atoms with Crippen LogP contribution in [0.3, 0.4) is 0 Å². The van der Waals surface area contributed by atoms with Gasteiger partial charge in [-0.2, -0.15) is 13.2 Å². The molecule has 3 nitrogen and oxygen atoms in total. The van der Waals surface area contributed by atoms with Gasteiger partial charge in [0.05, 0.1) is 5.56 Å². The summed E-state index contributed by atoms with van der Waals surface area (Å²) in [4.78, 5) is 12.4. The first-order valence-electron chi connectivity index (χ1n) is 10.2. The number of hydrogen-bond donors (Lipinski definition) is 0. The lowest BCUT2D eigenvalue weighted by Crippen LogP contribution is -2.20. The maximum atomic E-state index is 14.5. The van der Waals surface area contributed by atoms with Gasteiger partial charge < -0.3 is 9.47 Å². The van der Waals surface area contributed by atoms with Gasteiger partial charge in [0.25, 0.3) is 0 Å². The first-order chi connectivity index (χ1) is 15.6. The smallest absolute Gasteiger partial charge is 0.422 e. The summed E-state index contributed by atoms with van der Waals surface area (Å²) in [5.74, 6) is -5.71. The van der Waals surface area contributed by atoms with Crippen molar-refractivity contribution in [2.24, 2.45) is 0 Å². The predicted octanol–water partition coefficient (Wildman–Crippen LogP) is 7.15. The van der Waals surface area contributed by atoms with E-state index >= 15 is 0 Å². The number of carbonyl (C=O) groups excluding carboxylic acids is 1. The van der Waals surface area contributed by atoms with Gasteiger partial charge in [-0.15, -0.1) is 0 Å². The molecule has 0 bridgehead atoms. The summed E-state index contributed by atoms with van der Waals surface area (Å²) in [7, 11) is 0. The molecule has 9 heteroatoms. The molecular formula is C24H20F6O3. The maximum Gasteiger partial charge on any atom is 0.422 e. The Hall–Kier alpha value is -3.23. The topological polar surface area (TPSA) is 35.5 Å². The van der Waals surface area contributed by atoms with Gasteiger partial charge in [0.15, 0.2) is 24.0 Å². The van der Waals surface area contributed by atoms with Crippen LogP contribution >= 0.6 is 0 Å². The van der Waals surface area contributed by atoms with E-state index < -0.39 is 42.0 Å². The van der Waals surface area contributed by atoms with Crippen LogP contribution in [0.15, 0.2) is 42.5 Å². The molecule has 0 saturated carbocycles. The van der Waals surface area contributed by atoms with E-state index in [0.717, 1.165) is 49.1 Å². The Morgan fingerprint density at radius 1 is 0.939 bits per heavy atom. The molecule has 0 atom stereocenters. The number of unbranched alkanes of at least 4 members (excludes halogenated alkanes) is 2. The van der Waals surface area contributed by atoms with Crippen LogP contribution in [0.2, 0.25) is 0 Å². The highest BCUT2D eigenvalue weighted by atomic mass is 19.4. The largest absolute Gasteiger partial charge is 0.478 e. The van der Waals surface area contributed by atoms with Crippen molar-refractivity contribution in [3.63, 3.8) is 0 Å². The van der Waals surface area contributed by atoms with Crippen molar-refractivity contribution in [1.82, 2.24) is 0 Å². The van der Waals surface area contributed by atoms with Crippen molar-refractivity contribution >= 4 is 16.7 Å². The Bertz CT molecular complexity index is 1160. The van der Waals surface area contributed by atoms with Gasteiger partial charge in [0.1, 0.15) is 11.6 Å². The van der Waals surface area contributed by atoms with Crippen LogP contribution < -0.4 is 9.47 Å². The van der Waals surface area contributed by atoms with Crippen LogP contribution in [0.1, 0.15) is 42.1 Å². The van der Waals surface area contributed by atoms with Crippen molar-refractivity contribution in [3.05, 3.63) is 71.0 Å². The molecule has 0 aliphatic carbocycles. The lowest BCUT2D eigenvalue weighted by molar-refractivity contribution is -0.154. The molecule has 0 heterocycles. The first kappa shape index (κ1) is 24.4. The molecule has 0 radical (unpaired) electrons. The van der Waals surface area contributed by atoms with E-state index in [0.29, 0.717) is 6.42 Å². The Labute approximate surface area is 185 Å². The zero-order chi connectivity index (χ0) is 24.2. The third kappa shape index (κ3) is 6.18. The van der Waals surface area contributed by atoms with E-state index in [4.69, 9.17) is 4.74 Å². The van der Waals surface area contributed by atoms with Gasteiger partial charge in [-0.1, -0.05) is 25.8 Å². The molecule has 3 aromatic rings. The normalized spacial score (nSPS) is 11.6. The molecular weight excluding hydrogens is 450 g/mol. The van der Waals surface area contributed by atoms with Gasteiger partial charge >= 0.3 is 12.1 Å². The minimum Gasteiger partial charge on any atom is -0.478 e. The molecule has 0 aromatic heterocycles. The maximum absolute atomic E-state index is 14.5. The minimum absolute atomic E-state index is 0.0820. The van der Waals surface area contributed by atoms with E-state index in [9.17, 15) is 31.1 Å². The second-order valence-corrected chi connectivity index (χ2v) is 7.45. The predicted molar refractivity (Wildman–Crippen MR) is 110 cm³/mol. The van der Waals surface area contributed by atoms with E-state index in [-0.39, 0.29) is 22.1 Å². The molecule has 176 valence electrons. The second kappa shape index (κ2) is 10.1. The van der Waals surface area contributed by atoms with Gasteiger partial charge in [-0.3, -0.25) is 0 Å². The van der Waals surface area contributed by atoms with Crippen molar-refractivity contribution in [1.29, 1.82) is 0 Å². The molecule has 0 aliphatic heterocycles. The molecule has 3 rings (SSSR count). The average molecular weight is 470 g/mol. The van der Waals surface area contributed by atoms with E-state index in [1.807, 2.05) is 0 Å². The summed E-state index contributed by atoms with van der Waals surface area (Å²) >= 11 is 0. The average Bonchev–Trinajstić information content (AvgIpc) is 2.72. The Morgan fingerprint density at radius 2 is 1.70 bits per heavy atom. The van der Waals surface area contributed by atoms with Gasteiger partial charge in [0.2, 0.25) is 0 Å². The molecule has 0 unspecified atom stereocenters. The highest BCUT2D eigenvalue weighted by Crippen LogP contribution is 2.33. The van der Waals surface area contributed by atoms with E-state index in [2.05, 4.69) is 11.7 Å². The Kier molecular flexibility index (Phi) is 7.50. The number of benzene rings is 3. The van der Waals surface area contributed by atoms with Crippen LogP contribution in [-0.4, -0.2) is 18.8 Å². The number of alkyl halides is 3. The third-order valence-corrected chi connectivity index (χ3v) is 4.87. The molecule has 0 N–H and O–H groups in total. The molecule has 0 spiro atoms. The number of rotatable bonds is 8. The quantitative estimate of drug-likeness (QED) is 0.152. The van der Waals surface area contributed by atoms with Gasteiger partial charge in [0, 0.05) is 5.39 Å². The summed E-state index contributed by atoms with van der Waals surface area (Å²) in [6, 6.07) is 8.33. The minimum atomic E-state index is -4.77. The molecule has 0 aliphatic rings. The van der Waals surface area contributed by atoms with Crippen LogP contribution in [0.5, 0.6) is 11.5 Å². The highest BCUT2D eigenvalue weighted by molar-refractivity contribution is 5.92. The van der Waals surface area contributed by atoms with Gasteiger partial charge in [-0.25, -0.2) is 18.0 Å². The van der Waals surface area contributed by atoms with Crippen LogP contribution in [0.4, 0.5) is 26.3 Å². The zero-order valence-electron chi connectivity index (χ0n) is 17.6. The van der Waals surface area contributed by atoms with Crippen molar-refractivity contribution in [2.75, 3.05) is 6.61 Å². The number of fused-ring (bicyclic) bond motifs is 1. The number of esters is 1. The zero-order valence-corrected chi connectivity index (χ0v) is 17.6. The Balaban J connectivity index is 1.79. The van der Waals surface area contributed by atoms with Gasteiger partial charge in [-0.05, 0) is 60.2 Å². The number of aryl methyl sites for hydroxylation is 1. The van der Waals surface area contributed by atoms with Crippen molar-refractivity contribution < 1.29 is 40.6 Å². The van der Waals surface area contributed by atoms with Crippen molar-refractivity contribution in [3.8, 4) is 11.5 Å². The molecule has 0 fully saturated rings. The summed E-state index contributed by atoms with van der Waals surface area (Å²) < 4.78 is 89.3. The fourth-order valence-electron chi connectivity index (χ4n) is 3.26. The monoisotopic (exact) mass is 470 g/mol. The number of hydrogen-bond acceptors (Lipinski definition) is 3. The second-order valence-electron chi connectivity index (χ2n) is 7.45. The van der Waals surface area contributed by atoms with E-state index in [1.165, 1.54) is 12.1 Å².